The Morgan fingerprint density at radius 1 is 1.12 bits per heavy atom. The molecule has 2 aromatic carbocycles. The van der Waals surface area contributed by atoms with Crippen LogP contribution < -0.4 is 5.32 Å². The zero-order valence-electron chi connectivity index (χ0n) is 8.88. The second-order valence-corrected chi connectivity index (χ2v) is 5.25. The van der Waals surface area contributed by atoms with Gasteiger partial charge in [-0.05, 0) is 70.6 Å². The zero-order valence-corrected chi connectivity index (χ0v) is 11.8. The number of anilines is 1. The molecular weight excluding hydrogens is 352 g/mol. The summed E-state index contributed by atoms with van der Waals surface area (Å²) >= 11 is 8.23. The van der Waals surface area contributed by atoms with Crippen LogP contribution in [0.4, 0.5) is 10.1 Å². The highest BCUT2D eigenvalue weighted by molar-refractivity contribution is 14.1. The molecule has 0 atom stereocenters. The quantitative estimate of drug-likeness (QED) is 0.782. The number of hydrogen-bond donors (Lipinski definition) is 1. The topological polar surface area (TPSA) is 12.0 Å². The maximum absolute atomic E-state index is 13.0. The minimum Gasteiger partial charge on any atom is -0.381 e. The summed E-state index contributed by atoms with van der Waals surface area (Å²) in [4.78, 5) is 0. The molecule has 2 rings (SSSR count). The summed E-state index contributed by atoms with van der Waals surface area (Å²) in [6, 6.07) is 12.4. The third kappa shape index (κ3) is 3.57. The first kappa shape index (κ1) is 12.6. The lowest BCUT2D eigenvalue weighted by Crippen LogP contribution is -2.00. The molecule has 2 aromatic rings. The SMILES string of the molecule is Fc1ccc(Cl)c(CNc2ccc(I)cc2)c1. The van der Waals surface area contributed by atoms with E-state index in [4.69, 9.17) is 11.6 Å². The molecule has 0 saturated carbocycles. The van der Waals surface area contributed by atoms with Crippen LogP contribution in [0.3, 0.4) is 0 Å². The van der Waals surface area contributed by atoms with Crippen molar-refractivity contribution < 1.29 is 4.39 Å². The van der Waals surface area contributed by atoms with Crippen LogP contribution in [0.2, 0.25) is 5.02 Å². The van der Waals surface area contributed by atoms with Crippen molar-refractivity contribution >= 4 is 39.9 Å². The summed E-state index contributed by atoms with van der Waals surface area (Å²) in [5.74, 6) is -0.270. The minimum atomic E-state index is -0.270. The van der Waals surface area contributed by atoms with Crippen molar-refractivity contribution in [3.05, 3.63) is 62.4 Å². The van der Waals surface area contributed by atoms with Gasteiger partial charge in [0.25, 0.3) is 0 Å². The molecule has 0 amide bonds. The molecule has 0 aromatic heterocycles. The number of benzene rings is 2. The molecule has 0 unspecified atom stereocenters. The van der Waals surface area contributed by atoms with E-state index in [1.807, 2.05) is 24.3 Å². The van der Waals surface area contributed by atoms with Gasteiger partial charge in [-0.1, -0.05) is 11.6 Å². The first-order chi connectivity index (χ1) is 8.15. The predicted octanol–water partition coefficient (Wildman–Crippen LogP) is 4.70. The van der Waals surface area contributed by atoms with E-state index in [2.05, 4.69) is 27.9 Å². The van der Waals surface area contributed by atoms with Gasteiger partial charge in [0.1, 0.15) is 5.82 Å². The molecule has 0 aliphatic rings. The van der Waals surface area contributed by atoms with E-state index in [0.717, 1.165) is 11.3 Å². The molecule has 0 aliphatic heterocycles. The third-order valence-electron chi connectivity index (χ3n) is 2.33. The summed E-state index contributed by atoms with van der Waals surface area (Å²) < 4.78 is 14.2. The molecule has 1 nitrogen and oxygen atoms in total. The summed E-state index contributed by atoms with van der Waals surface area (Å²) in [5, 5.41) is 3.78. The van der Waals surface area contributed by atoms with Crippen molar-refractivity contribution in [3.8, 4) is 0 Å². The Morgan fingerprint density at radius 2 is 1.82 bits per heavy atom. The molecule has 0 aliphatic carbocycles. The lowest BCUT2D eigenvalue weighted by atomic mass is 10.2. The van der Waals surface area contributed by atoms with Crippen molar-refractivity contribution in [1.29, 1.82) is 0 Å². The lowest BCUT2D eigenvalue weighted by Gasteiger charge is -2.08. The average Bonchev–Trinajstić information content (AvgIpc) is 2.32. The fourth-order valence-corrected chi connectivity index (χ4v) is 1.99. The van der Waals surface area contributed by atoms with E-state index in [-0.39, 0.29) is 5.82 Å². The van der Waals surface area contributed by atoms with Gasteiger partial charge in [-0.15, -0.1) is 0 Å². The van der Waals surface area contributed by atoms with Gasteiger partial charge in [-0.3, -0.25) is 0 Å². The van der Waals surface area contributed by atoms with Crippen molar-refractivity contribution in [3.63, 3.8) is 0 Å². The second-order valence-electron chi connectivity index (χ2n) is 3.60. The van der Waals surface area contributed by atoms with E-state index >= 15 is 0 Å². The predicted molar refractivity (Wildman–Crippen MR) is 77.9 cm³/mol. The Bertz CT molecular complexity index is 513. The fourth-order valence-electron chi connectivity index (χ4n) is 1.44. The summed E-state index contributed by atoms with van der Waals surface area (Å²) in [5.41, 5.74) is 1.75. The molecule has 1 N–H and O–H groups in total. The molecule has 0 bridgehead atoms. The Hall–Kier alpha value is -0.810. The van der Waals surface area contributed by atoms with Crippen LogP contribution in [0.1, 0.15) is 5.56 Å². The van der Waals surface area contributed by atoms with E-state index in [9.17, 15) is 4.39 Å². The minimum absolute atomic E-state index is 0.270. The van der Waals surface area contributed by atoms with E-state index in [0.29, 0.717) is 11.6 Å². The Morgan fingerprint density at radius 3 is 2.53 bits per heavy atom. The number of rotatable bonds is 3. The number of hydrogen-bond acceptors (Lipinski definition) is 1. The standard InChI is InChI=1S/C13H10ClFIN/c14-13-6-1-10(15)7-9(13)8-17-12-4-2-11(16)3-5-12/h1-7,17H,8H2. The van der Waals surface area contributed by atoms with E-state index < -0.39 is 0 Å². The highest BCUT2D eigenvalue weighted by Crippen LogP contribution is 2.19. The molecule has 0 spiro atoms. The molecular formula is C13H10ClFIN. The summed E-state index contributed by atoms with van der Waals surface area (Å²) in [6.45, 7) is 0.511. The second kappa shape index (κ2) is 5.69. The van der Waals surface area contributed by atoms with Gasteiger partial charge in [-0.2, -0.15) is 0 Å². The van der Waals surface area contributed by atoms with Crippen LogP contribution in [0.15, 0.2) is 42.5 Å². The van der Waals surface area contributed by atoms with Gasteiger partial charge >= 0.3 is 0 Å². The first-order valence-corrected chi connectivity index (χ1v) is 6.54. The van der Waals surface area contributed by atoms with Crippen molar-refractivity contribution in [1.82, 2.24) is 0 Å². The molecule has 0 heterocycles. The highest BCUT2D eigenvalue weighted by Gasteiger charge is 2.02. The van der Waals surface area contributed by atoms with Gasteiger partial charge in [0, 0.05) is 20.8 Å². The Balaban J connectivity index is 2.07. The smallest absolute Gasteiger partial charge is 0.123 e. The number of nitrogens with one attached hydrogen (secondary N) is 1. The largest absolute Gasteiger partial charge is 0.381 e. The van der Waals surface area contributed by atoms with E-state index in [1.165, 1.54) is 15.7 Å². The molecule has 0 saturated heterocycles. The van der Waals surface area contributed by atoms with E-state index in [1.54, 1.807) is 6.07 Å². The van der Waals surface area contributed by atoms with Crippen LogP contribution in [0.5, 0.6) is 0 Å². The van der Waals surface area contributed by atoms with Gasteiger partial charge in [0.2, 0.25) is 0 Å². The van der Waals surface area contributed by atoms with Gasteiger partial charge in [0.05, 0.1) is 0 Å². The molecule has 0 fully saturated rings. The summed E-state index contributed by atoms with van der Waals surface area (Å²) in [6.07, 6.45) is 0. The van der Waals surface area contributed by atoms with Crippen molar-refractivity contribution in [2.75, 3.05) is 5.32 Å². The van der Waals surface area contributed by atoms with Crippen molar-refractivity contribution in [2.24, 2.45) is 0 Å². The molecule has 17 heavy (non-hydrogen) atoms. The first-order valence-electron chi connectivity index (χ1n) is 5.08. The monoisotopic (exact) mass is 361 g/mol. The normalized spacial score (nSPS) is 10.3. The van der Waals surface area contributed by atoms with Crippen LogP contribution in [-0.2, 0) is 6.54 Å². The maximum atomic E-state index is 13.0. The molecule has 0 radical (unpaired) electrons. The van der Waals surface area contributed by atoms with Crippen LogP contribution in [-0.4, -0.2) is 0 Å². The fraction of sp³-hybridized carbons (Fsp3) is 0.0769. The Labute approximate surface area is 118 Å². The summed E-state index contributed by atoms with van der Waals surface area (Å²) in [7, 11) is 0. The average molecular weight is 362 g/mol. The van der Waals surface area contributed by atoms with Crippen LogP contribution in [0, 0.1) is 9.39 Å². The molecule has 88 valence electrons. The highest BCUT2D eigenvalue weighted by atomic mass is 127. The van der Waals surface area contributed by atoms with Crippen molar-refractivity contribution in [2.45, 2.75) is 6.54 Å². The maximum Gasteiger partial charge on any atom is 0.123 e. The van der Waals surface area contributed by atoms with Gasteiger partial charge in [0.15, 0.2) is 0 Å². The number of halogens is 3. The van der Waals surface area contributed by atoms with Gasteiger partial charge in [-0.25, -0.2) is 4.39 Å². The zero-order chi connectivity index (χ0) is 12.3. The lowest BCUT2D eigenvalue weighted by molar-refractivity contribution is 0.626. The third-order valence-corrected chi connectivity index (χ3v) is 3.42. The van der Waals surface area contributed by atoms with Crippen LogP contribution in [0.25, 0.3) is 0 Å². The van der Waals surface area contributed by atoms with Crippen LogP contribution >= 0.6 is 34.2 Å². The Kier molecular flexibility index (Phi) is 4.23. The molecule has 4 heteroatoms. The van der Waals surface area contributed by atoms with Gasteiger partial charge < -0.3 is 5.32 Å².